The van der Waals surface area contributed by atoms with E-state index < -0.39 is 0 Å². The highest BCUT2D eigenvalue weighted by atomic mass is 15.0. The van der Waals surface area contributed by atoms with E-state index in [1.165, 1.54) is 26.9 Å². The third kappa shape index (κ3) is 2.95. The monoisotopic (exact) mass is 433 g/mol. The fourth-order valence-electron chi connectivity index (χ4n) is 4.86. The average molecular weight is 434 g/mol. The number of aromatic nitrogens is 3. The molecule has 1 aromatic heterocycles. The zero-order valence-corrected chi connectivity index (χ0v) is 18.3. The van der Waals surface area contributed by atoms with Crippen molar-refractivity contribution in [2.24, 2.45) is 0 Å². The van der Waals surface area contributed by atoms with Crippen LogP contribution in [0, 0.1) is 0 Å². The van der Waals surface area contributed by atoms with E-state index in [9.17, 15) is 0 Å². The van der Waals surface area contributed by atoms with Gasteiger partial charge in [-0.05, 0) is 38.4 Å². The Hall–Kier alpha value is -4.63. The Labute approximate surface area is 196 Å². The first kappa shape index (κ1) is 18.9. The Kier molecular flexibility index (Phi) is 4.15. The van der Waals surface area contributed by atoms with E-state index in [0.29, 0.717) is 17.5 Å². The van der Waals surface area contributed by atoms with Gasteiger partial charge in [-0.25, -0.2) is 15.0 Å². The molecule has 7 aromatic rings. The number of benzene rings is 6. The summed E-state index contributed by atoms with van der Waals surface area (Å²) in [6, 6.07) is 39.8. The maximum Gasteiger partial charge on any atom is 0.164 e. The van der Waals surface area contributed by atoms with Gasteiger partial charge in [-0.1, -0.05) is 109 Å². The molecule has 0 spiro atoms. The van der Waals surface area contributed by atoms with Gasteiger partial charge in [-0.3, -0.25) is 0 Å². The minimum Gasteiger partial charge on any atom is -0.208 e. The molecule has 0 N–H and O–H groups in total. The number of rotatable bonds is 3. The van der Waals surface area contributed by atoms with Crippen molar-refractivity contribution in [3.8, 4) is 34.2 Å². The minimum absolute atomic E-state index is 0.676. The normalized spacial score (nSPS) is 11.5. The van der Waals surface area contributed by atoms with Gasteiger partial charge in [0.15, 0.2) is 17.5 Å². The second-order valence-corrected chi connectivity index (χ2v) is 8.51. The lowest BCUT2D eigenvalue weighted by Gasteiger charge is -2.14. The Morgan fingerprint density at radius 1 is 0.353 bits per heavy atom. The van der Waals surface area contributed by atoms with Gasteiger partial charge in [0.05, 0.1) is 0 Å². The number of nitrogens with zero attached hydrogens (tertiary/aromatic N) is 3. The summed E-state index contributed by atoms with van der Waals surface area (Å²) in [5.41, 5.74) is 2.96. The molecule has 7 rings (SSSR count). The Balaban J connectivity index is 1.54. The molecule has 3 nitrogen and oxygen atoms in total. The van der Waals surface area contributed by atoms with Gasteiger partial charge in [0.1, 0.15) is 0 Å². The molecule has 0 saturated carbocycles. The summed E-state index contributed by atoms with van der Waals surface area (Å²) >= 11 is 0. The van der Waals surface area contributed by atoms with Crippen molar-refractivity contribution >= 4 is 32.3 Å². The first-order valence-electron chi connectivity index (χ1n) is 11.4. The lowest BCUT2D eigenvalue weighted by atomic mass is 9.92. The molecule has 0 aliphatic carbocycles. The quantitative estimate of drug-likeness (QED) is 0.267. The second-order valence-electron chi connectivity index (χ2n) is 8.51. The topological polar surface area (TPSA) is 38.7 Å². The summed E-state index contributed by atoms with van der Waals surface area (Å²) in [5.74, 6) is 2.04. The summed E-state index contributed by atoms with van der Waals surface area (Å²) in [4.78, 5) is 14.8. The van der Waals surface area contributed by atoms with Gasteiger partial charge in [0.2, 0.25) is 0 Å². The van der Waals surface area contributed by atoms with Crippen LogP contribution in [0.25, 0.3) is 66.5 Å². The van der Waals surface area contributed by atoms with E-state index in [0.717, 1.165) is 22.1 Å². The third-order valence-corrected chi connectivity index (χ3v) is 6.47. The largest absolute Gasteiger partial charge is 0.208 e. The van der Waals surface area contributed by atoms with Crippen molar-refractivity contribution in [1.82, 2.24) is 15.0 Å². The molecule has 0 aliphatic heterocycles. The first-order chi connectivity index (χ1) is 16.8. The van der Waals surface area contributed by atoms with Crippen molar-refractivity contribution in [1.29, 1.82) is 0 Å². The summed E-state index contributed by atoms with van der Waals surface area (Å²) in [7, 11) is 0. The molecule has 3 heteroatoms. The molecule has 6 aromatic carbocycles. The van der Waals surface area contributed by atoms with Crippen molar-refractivity contribution < 1.29 is 0 Å². The molecule has 0 fully saturated rings. The zero-order valence-electron chi connectivity index (χ0n) is 18.3. The standard InChI is InChI=1S/C31H19N3/c1-3-8-23(9-4-1)29-32-30(24-10-5-2-6-11-24)34-31(33-29)26-19-17-22-15-14-20-12-7-13-21-16-18-25(26)28(22)27(20)21/h1-19H. The van der Waals surface area contributed by atoms with E-state index in [-0.39, 0.29) is 0 Å². The molecule has 158 valence electrons. The highest BCUT2D eigenvalue weighted by Crippen LogP contribution is 2.39. The van der Waals surface area contributed by atoms with E-state index in [1.54, 1.807) is 0 Å². The summed E-state index contributed by atoms with van der Waals surface area (Å²) in [5, 5.41) is 7.43. The van der Waals surface area contributed by atoms with Crippen LogP contribution < -0.4 is 0 Å². The van der Waals surface area contributed by atoms with Gasteiger partial charge in [-0.2, -0.15) is 0 Å². The van der Waals surface area contributed by atoms with E-state index in [4.69, 9.17) is 15.0 Å². The van der Waals surface area contributed by atoms with Crippen LogP contribution >= 0.6 is 0 Å². The fraction of sp³-hybridized carbons (Fsp3) is 0. The fourth-order valence-corrected chi connectivity index (χ4v) is 4.86. The Bertz CT molecular complexity index is 1720. The van der Waals surface area contributed by atoms with Crippen LogP contribution in [0.2, 0.25) is 0 Å². The van der Waals surface area contributed by atoms with E-state index in [2.05, 4.69) is 54.6 Å². The highest BCUT2D eigenvalue weighted by molar-refractivity contribution is 6.25. The van der Waals surface area contributed by atoms with Crippen LogP contribution in [0.15, 0.2) is 115 Å². The molecule has 0 saturated heterocycles. The molecule has 34 heavy (non-hydrogen) atoms. The van der Waals surface area contributed by atoms with Crippen molar-refractivity contribution in [2.45, 2.75) is 0 Å². The molecular weight excluding hydrogens is 414 g/mol. The van der Waals surface area contributed by atoms with Gasteiger partial charge in [-0.15, -0.1) is 0 Å². The third-order valence-electron chi connectivity index (χ3n) is 6.47. The number of hydrogen-bond donors (Lipinski definition) is 0. The molecule has 0 aliphatic rings. The SMILES string of the molecule is c1ccc(-c2nc(-c3ccccc3)nc(-c3ccc4ccc5cccc6ccc3c4c56)n2)cc1. The van der Waals surface area contributed by atoms with Crippen LogP contribution in [0.4, 0.5) is 0 Å². The lowest BCUT2D eigenvalue weighted by molar-refractivity contribution is 1.08. The maximum absolute atomic E-state index is 4.96. The van der Waals surface area contributed by atoms with Crippen molar-refractivity contribution in [3.05, 3.63) is 115 Å². The molecule has 0 bridgehead atoms. The molecule has 0 radical (unpaired) electrons. The predicted molar refractivity (Wildman–Crippen MR) is 140 cm³/mol. The van der Waals surface area contributed by atoms with Crippen molar-refractivity contribution in [2.75, 3.05) is 0 Å². The van der Waals surface area contributed by atoms with Gasteiger partial charge >= 0.3 is 0 Å². The lowest BCUT2D eigenvalue weighted by Crippen LogP contribution is -2.00. The van der Waals surface area contributed by atoms with Gasteiger partial charge < -0.3 is 0 Å². The van der Waals surface area contributed by atoms with Gasteiger partial charge in [0, 0.05) is 16.7 Å². The average Bonchev–Trinajstić information content (AvgIpc) is 2.92. The molecule has 0 amide bonds. The Morgan fingerprint density at radius 3 is 1.47 bits per heavy atom. The van der Waals surface area contributed by atoms with Crippen LogP contribution in [0.5, 0.6) is 0 Å². The molecule has 0 unspecified atom stereocenters. The molecular formula is C31H19N3. The van der Waals surface area contributed by atoms with E-state index >= 15 is 0 Å². The molecule has 1 heterocycles. The second kappa shape index (κ2) is 7.46. The van der Waals surface area contributed by atoms with Crippen LogP contribution in [0.3, 0.4) is 0 Å². The minimum atomic E-state index is 0.676. The van der Waals surface area contributed by atoms with Crippen molar-refractivity contribution in [3.63, 3.8) is 0 Å². The Morgan fingerprint density at radius 2 is 0.853 bits per heavy atom. The summed E-state index contributed by atoms with van der Waals surface area (Å²) in [6.45, 7) is 0. The van der Waals surface area contributed by atoms with Crippen LogP contribution in [0.1, 0.15) is 0 Å². The zero-order chi connectivity index (χ0) is 22.5. The predicted octanol–water partition coefficient (Wildman–Crippen LogP) is 7.77. The smallest absolute Gasteiger partial charge is 0.164 e. The van der Waals surface area contributed by atoms with Gasteiger partial charge in [0.25, 0.3) is 0 Å². The van der Waals surface area contributed by atoms with Crippen LogP contribution in [-0.2, 0) is 0 Å². The summed E-state index contributed by atoms with van der Waals surface area (Å²) in [6.07, 6.45) is 0. The molecule has 0 atom stereocenters. The van der Waals surface area contributed by atoms with E-state index in [1.807, 2.05) is 60.7 Å². The number of hydrogen-bond acceptors (Lipinski definition) is 3. The maximum atomic E-state index is 4.96. The summed E-state index contributed by atoms with van der Waals surface area (Å²) < 4.78 is 0. The van der Waals surface area contributed by atoms with Crippen LogP contribution in [-0.4, -0.2) is 15.0 Å². The first-order valence-corrected chi connectivity index (χ1v) is 11.4. The highest BCUT2D eigenvalue weighted by Gasteiger charge is 2.16.